The molecule has 0 aromatic rings. The minimum Gasteiger partial charge on any atom is -0.368 e. The molecule has 2 nitrogen and oxygen atoms in total. The van der Waals surface area contributed by atoms with Gasteiger partial charge in [-0.2, -0.15) is 0 Å². The van der Waals surface area contributed by atoms with Gasteiger partial charge in [-0.1, -0.05) is 71.1 Å². The summed E-state index contributed by atoms with van der Waals surface area (Å²) in [5.74, 6) is 0.384. The van der Waals surface area contributed by atoms with Gasteiger partial charge in [0.15, 0.2) is 5.78 Å². The Kier molecular flexibility index (Phi) is 9.99. The van der Waals surface area contributed by atoms with E-state index in [1.807, 2.05) is 6.92 Å². The molecule has 0 unspecified atom stereocenters. The van der Waals surface area contributed by atoms with Crippen LogP contribution in [0.4, 0.5) is 0 Å². The first-order valence-corrected chi connectivity index (χ1v) is 9.42. The Morgan fingerprint density at radius 3 is 2.00 bits per heavy atom. The Bertz CT molecular complexity index is 261. The molecule has 0 heterocycles. The fraction of sp³-hybridized carbons (Fsp3) is 0.947. The van der Waals surface area contributed by atoms with E-state index in [-0.39, 0.29) is 0 Å². The van der Waals surface area contributed by atoms with Crippen molar-refractivity contribution in [3.63, 3.8) is 0 Å². The fourth-order valence-corrected chi connectivity index (χ4v) is 3.55. The van der Waals surface area contributed by atoms with Crippen molar-refractivity contribution in [2.75, 3.05) is 6.61 Å². The maximum Gasteiger partial charge on any atom is 0.164 e. The molecule has 1 fully saturated rings. The van der Waals surface area contributed by atoms with Gasteiger partial charge in [-0.15, -0.1) is 0 Å². The molecule has 0 aromatic carbocycles. The van der Waals surface area contributed by atoms with E-state index in [1.165, 1.54) is 51.4 Å². The smallest absolute Gasteiger partial charge is 0.164 e. The number of hydrogen-bond donors (Lipinski definition) is 0. The molecule has 2 heteroatoms. The Hall–Kier alpha value is -0.370. The third-order valence-corrected chi connectivity index (χ3v) is 4.85. The van der Waals surface area contributed by atoms with Crippen LogP contribution in [0.5, 0.6) is 0 Å². The van der Waals surface area contributed by atoms with E-state index in [4.69, 9.17) is 4.74 Å². The molecule has 0 spiro atoms. The van der Waals surface area contributed by atoms with Crippen molar-refractivity contribution in [3.8, 4) is 0 Å². The van der Waals surface area contributed by atoms with Crippen molar-refractivity contribution >= 4 is 5.78 Å². The van der Waals surface area contributed by atoms with Crippen LogP contribution in [0.1, 0.15) is 104 Å². The molecular weight excluding hydrogens is 260 g/mol. The summed E-state index contributed by atoms with van der Waals surface area (Å²) in [7, 11) is 0. The van der Waals surface area contributed by atoms with Crippen molar-refractivity contribution in [1.82, 2.24) is 0 Å². The van der Waals surface area contributed by atoms with E-state index >= 15 is 0 Å². The zero-order valence-corrected chi connectivity index (χ0v) is 14.4. The molecular formula is C19H36O2. The maximum absolute atomic E-state index is 12.6. The van der Waals surface area contributed by atoms with Crippen LogP contribution in [0.25, 0.3) is 0 Å². The summed E-state index contributed by atoms with van der Waals surface area (Å²) in [5.41, 5.74) is -0.409. The van der Waals surface area contributed by atoms with Crippen molar-refractivity contribution in [1.29, 1.82) is 0 Å². The average molecular weight is 296 g/mol. The standard InChI is InChI=1S/C19H36O2/c1-3-5-6-7-8-9-10-12-15-18(20)19(21-4-2)16-13-11-14-17-19/h3-17H2,1-2H3. The van der Waals surface area contributed by atoms with Gasteiger partial charge in [0.1, 0.15) is 5.60 Å². The van der Waals surface area contributed by atoms with Crippen LogP contribution >= 0.6 is 0 Å². The number of ether oxygens (including phenoxy) is 1. The second kappa shape index (κ2) is 11.2. The number of carbonyl (C=O) groups excluding carboxylic acids is 1. The molecule has 1 aliphatic rings. The van der Waals surface area contributed by atoms with Crippen LogP contribution in [0.3, 0.4) is 0 Å². The van der Waals surface area contributed by atoms with Gasteiger partial charge in [0.05, 0.1) is 0 Å². The number of Topliss-reactive ketones (excluding diaryl/α,β-unsaturated/α-hetero) is 1. The van der Waals surface area contributed by atoms with E-state index in [0.29, 0.717) is 12.4 Å². The molecule has 21 heavy (non-hydrogen) atoms. The molecule has 1 saturated carbocycles. The molecule has 0 aromatic heterocycles. The zero-order valence-electron chi connectivity index (χ0n) is 14.4. The number of hydrogen-bond acceptors (Lipinski definition) is 2. The molecule has 0 radical (unpaired) electrons. The number of ketones is 1. The first-order chi connectivity index (χ1) is 10.2. The van der Waals surface area contributed by atoms with Crippen molar-refractivity contribution in [2.24, 2.45) is 0 Å². The Morgan fingerprint density at radius 1 is 0.857 bits per heavy atom. The van der Waals surface area contributed by atoms with Crippen LogP contribution in [-0.4, -0.2) is 18.0 Å². The summed E-state index contributed by atoms with van der Waals surface area (Å²) in [6, 6.07) is 0. The minimum absolute atomic E-state index is 0.384. The average Bonchev–Trinajstić information content (AvgIpc) is 2.51. The number of carbonyl (C=O) groups is 1. The van der Waals surface area contributed by atoms with Crippen LogP contribution in [0, 0.1) is 0 Å². The summed E-state index contributed by atoms with van der Waals surface area (Å²) in [6.45, 7) is 4.94. The lowest BCUT2D eigenvalue weighted by Gasteiger charge is -2.35. The molecule has 0 bridgehead atoms. The highest BCUT2D eigenvalue weighted by Crippen LogP contribution is 2.34. The van der Waals surface area contributed by atoms with Crippen molar-refractivity contribution < 1.29 is 9.53 Å². The van der Waals surface area contributed by atoms with E-state index in [1.54, 1.807) is 0 Å². The largest absolute Gasteiger partial charge is 0.368 e. The normalized spacial score (nSPS) is 17.8. The van der Waals surface area contributed by atoms with Crippen LogP contribution in [0.15, 0.2) is 0 Å². The summed E-state index contributed by atoms with van der Waals surface area (Å²) < 4.78 is 5.91. The summed E-state index contributed by atoms with van der Waals surface area (Å²) in [5, 5.41) is 0. The fourth-order valence-electron chi connectivity index (χ4n) is 3.55. The SMILES string of the molecule is CCCCCCCCCCC(=O)C1(OCC)CCCCC1. The van der Waals surface area contributed by atoms with Gasteiger partial charge in [-0.25, -0.2) is 0 Å². The van der Waals surface area contributed by atoms with Crippen LogP contribution in [-0.2, 0) is 9.53 Å². The van der Waals surface area contributed by atoms with E-state index < -0.39 is 5.60 Å². The lowest BCUT2D eigenvalue weighted by molar-refractivity contribution is -0.149. The molecule has 0 amide bonds. The Balaban J connectivity index is 2.16. The third-order valence-electron chi connectivity index (χ3n) is 4.85. The molecule has 0 atom stereocenters. The first-order valence-electron chi connectivity index (χ1n) is 9.42. The molecule has 1 rings (SSSR count). The highest BCUT2D eigenvalue weighted by molar-refractivity contribution is 5.87. The molecule has 1 aliphatic carbocycles. The molecule has 0 aliphatic heterocycles. The van der Waals surface area contributed by atoms with Gasteiger partial charge in [-0.3, -0.25) is 4.79 Å². The van der Waals surface area contributed by atoms with Gasteiger partial charge in [-0.05, 0) is 26.2 Å². The lowest BCUT2D eigenvalue weighted by atomic mass is 9.80. The maximum atomic E-state index is 12.6. The minimum atomic E-state index is -0.409. The topological polar surface area (TPSA) is 26.3 Å². The number of unbranched alkanes of at least 4 members (excludes halogenated alkanes) is 7. The van der Waals surface area contributed by atoms with Crippen molar-refractivity contribution in [3.05, 3.63) is 0 Å². The van der Waals surface area contributed by atoms with E-state index in [9.17, 15) is 4.79 Å². The second-order valence-corrected chi connectivity index (χ2v) is 6.64. The summed E-state index contributed by atoms with van der Waals surface area (Å²) >= 11 is 0. The molecule has 0 saturated heterocycles. The van der Waals surface area contributed by atoms with Gasteiger partial charge >= 0.3 is 0 Å². The highest BCUT2D eigenvalue weighted by atomic mass is 16.5. The molecule has 0 N–H and O–H groups in total. The quantitative estimate of drug-likeness (QED) is 0.424. The van der Waals surface area contributed by atoms with E-state index in [2.05, 4.69) is 6.92 Å². The van der Waals surface area contributed by atoms with Crippen LogP contribution in [0.2, 0.25) is 0 Å². The monoisotopic (exact) mass is 296 g/mol. The Morgan fingerprint density at radius 2 is 1.43 bits per heavy atom. The third kappa shape index (κ3) is 6.95. The second-order valence-electron chi connectivity index (χ2n) is 6.64. The van der Waals surface area contributed by atoms with Gasteiger partial charge < -0.3 is 4.74 Å². The van der Waals surface area contributed by atoms with Gasteiger partial charge in [0.25, 0.3) is 0 Å². The van der Waals surface area contributed by atoms with E-state index in [0.717, 1.165) is 38.5 Å². The summed E-state index contributed by atoms with van der Waals surface area (Å²) in [6.07, 6.45) is 16.5. The first kappa shape index (κ1) is 18.7. The zero-order chi connectivity index (χ0) is 15.4. The number of rotatable bonds is 12. The van der Waals surface area contributed by atoms with Gasteiger partial charge in [0, 0.05) is 13.0 Å². The van der Waals surface area contributed by atoms with Crippen LogP contribution < -0.4 is 0 Å². The highest BCUT2D eigenvalue weighted by Gasteiger charge is 2.39. The summed E-state index contributed by atoms with van der Waals surface area (Å²) in [4.78, 5) is 12.6. The predicted molar refractivity (Wildman–Crippen MR) is 89.7 cm³/mol. The lowest BCUT2D eigenvalue weighted by Crippen LogP contribution is -2.43. The van der Waals surface area contributed by atoms with Gasteiger partial charge in [0.2, 0.25) is 0 Å². The van der Waals surface area contributed by atoms with Crippen molar-refractivity contribution in [2.45, 2.75) is 109 Å². The predicted octanol–water partition coefficient (Wildman–Crippen LogP) is 5.83. The molecule has 124 valence electrons. The Labute approximate surface area is 132 Å².